The van der Waals surface area contributed by atoms with Gasteiger partial charge in [-0.1, -0.05) is 48.0 Å². The van der Waals surface area contributed by atoms with Gasteiger partial charge in [-0.25, -0.2) is 0 Å². The van der Waals surface area contributed by atoms with Crippen LogP contribution < -0.4 is 10.1 Å². The number of hydrogen-bond donors (Lipinski definition) is 1. The second kappa shape index (κ2) is 9.26. The van der Waals surface area contributed by atoms with Crippen molar-refractivity contribution < 1.29 is 9.53 Å². The molecule has 4 heteroatoms. The fraction of sp³-hybridized carbons (Fsp3) is 0.316. The molecular weight excluding hydrogens is 306 g/mol. The second-order valence-electron chi connectivity index (χ2n) is 5.38. The highest BCUT2D eigenvalue weighted by Gasteiger charge is 2.12. The van der Waals surface area contributed by atoms with Crippen LogP contribution in [0.1, 0.15) is 18.1 Å². The summed E-state index contributed by atoms with van der Waals surface area (Å²) >= 11 is 1.60. The highest BCUT2D eigenvalue weighted by molar-refractivity contribution is 8.00. The van der Waals surface area contributed by atoms with Crippen molar-refractivity contribution >= 4 is 17.7 Å². The van der Waals surface area contributed by atoms with E-state index in [1.807, 2.05) is 61.5 Å². The van der Waals surface area contributed by atoms with Gasteiger partial charge in [0.2, 0.25) is 5.91 Å². The van der Waals surface area contributed by atoms with Gasteiger partial charge in [-0.15, -0.1) is 11.8 Å². The molecule has 1 atom stereocenters. The first-order valence-corrected chi connectivity index (χ1v) is 8.83. The highest BCUT2D eigenvalue weighted by Crippen LogP contribution is 2.14. The lowest BCUT2D eigenvalue weighted by Crippen LogP contribution is -2.30. The van der Waals surface area contributed by atoms with E-state index in [2.05, 4.69) is 12.2 Å². The van der Waals surface area contributed by atoms with Gasteiger partial charge in [0.25, 0.3) is 0 Å². The zero-order chi connectivity index (χ0) is 16.5. The lowest BCUT2D eigenvalue weighted by Gasteiger charge is -2.12. The summed E-state index contributed by atoms with van der Waals surface area (Å²) in [5.41, 5.74) is 2.33. The highest BCUT2D eigenvalue weighted by atomic mass is 32.2. The van der Waals surface area contributed by atoms with Crippen molar-refractivity contribution in [3.8, 4) is 5.75 Å². The average molecular weight is 329 g/mol. The van der Waals surface area contributed by atoms with E-state index in [1.54, 1.807) is 11.8 Å². The van der Waals surface area contributed by atoms with E-state index in [0.717, 1.165) is 17.1 Å². The summed E-state index contributed by atoms with van der Waals surface area (Å²) in [7, 11) is 0. The first kappa shape index (κ1) is 17.4. The molecule has 2 aromatic rings. The molecule has 1 N–H and O–H groups in total. The maximum atomic E-state index is 12.0. The summed E-state index contributed by atoms with van der Waals surface area (Å²) in [5, 5.41) is 2.88. The Morgan fingerprint density at radius 2 is 1.83 bits per heavy atom. The fourth-order valence-corrected chi connectivity index (χ4v) is 2.79. The molecule has 2 aromatic carbocycles. The largest absolute Gasteiger partial charge is 0.493 e. The van der Waals surface area contributed by atoms with Gasteiger partial charge >= 0.3 is 0 Å². The number of rotatable bonds is 8. The Balaban J connectivity index is 1.63. The molecule has 3 nitrogen and oxygen atoms in total. The van der Waals surface area contributed by atoms with Crippen molar-refractivity contribution in [1.29, 1.82) is 0 Å². The fourth-order valence-electron chi connectivity index (χ4n) is 2.02. The minimum atomic E-state index is -0.0830. The van der Waals surface area contributed by atoms with E-state index in [1.165, 1.54) is 5.56 Å². The SMILES string of the molecule is Cc1ccc(OCCSC(C)C(=O)NCc2ccccc2)cc1. The van der Waals surface area contributed by atoms with E-state index in [4.69, 9.17) is 4.74 Å². The van der Waals surface area contributed by atoms with Crippen molar-refractivity contribution in [3.63, 3.8) is 0 Å². The Labute approximate surface area is 142 Å². The quantitative estimate of drug-likeness (QED) is 0.748. The van der Waals surface area contributed by atoms with Gasteiger partial charge in [-0.05, 0) is 31.5 Å². The van der Waals surface area contributed by atoms with Crippen LogP contribution in [0.4, 0.5) is 0 Å². The van der Waals surface area contributed by atoms with E-state index < -0.39 is 0 Å². The predicted molar refractivity (Wildman–Crippen MR) is 96.9 cm³/mol. The normalized spacial score (nSPS) is 11.7. The van der Waals surface area contributed by atoms with Crippen molar-refractivity contribution in [1.82, 2.24) is 5.32 Å². The molecule has 0 aromatic heterocycles. The monoisotopic (exact) mass is 329 g/mol. The Hall–Kier alpha value is -1.94. The maximum absolute atomic E-state index is 12.0. The van der Waals surface area contributed by atoms with Crippen LogP contribution in [-0.4, -0.2) is 23.5 Å². The van der Waals surface area contributed by atoms with Crippen LogP contribution in [0.25, 0.3) is 0 Å². The summed E-state index contributed by atoms with van der Waals surface area (Å²) in [4.78, 5) is 12.0. The number of carbonyl (C=O) groups is 1. The number of benzene rings is 2. The van der Waals surface area contributed by atoms with Crippen molar-refractivity contribution in [2.75, 3.05) is 12.4 Å². The topological polar surface area (TPSA) is 38.3 Å². The number of carbonyl (C=O) groups excluding carboxylic acids is 1. The standard InChI is InChI=1S/C19H23NO2S/c1-15-8-10-18(11-9-15)22-12-13-23-16(2)19(21)20-14-17-6-4-3-5-7-17/h3-11,16H,12-14H2,1-2H3,(H,20,21). The van der Waals surface area contributed by atoms with Crippen molar-refractivity contribution in [2.24, 2.45) is 0 Å². The van der Waals surface area contributed by atoms with Crippen LogP contribution in [0.2, 0.25) is 0 Å². The molecule has 0 bridgehead atoms. The van der Waals surface area contributed by atoms with Crippen LogP contribution in [0.5, 0.6) is 5.75 Å². The molecule has 0 aliphatic heterocycles. The molecule has 0 saturated heterocycles. The molecule has 0 heterocycles. The lowest BCUT2D eigenvalue weighted by molar-refractivity contribution is -0.120. The third kappa shape index (κ3) is 6.37. The molecule has 0 spiro atoms. The first-order chi connectivity index (χ1) is 11.1. The summed E-state index contributed by atoms with van der Waals surface area (Å²) < 4.78 is 5.67. The summed E-state index contributed by atoms with van der Waals surface area (Å²) in [6.07, 6.45) is 0. The van der Waals surface area contributed by atoms with Gasteiger partial charge in [0.05, 0.1) is 11.9 Å². The van der Waals surface area contributed by atoms with Gasteiger partial charge in [-0.3, -0.25) is 4.79 Å². The molecule has 0 fully saturated rings. The molecule has 1 unspecified atom stereocenters. The molecule has 0 aliphatic carbocycles. The van der Waals surface area contributed by atoms with E-state index >= 15 is 0 Å². The minimum Gasteiger partial charge on any atom is -0.493 e. The molecule has 0 aliphatic rings. The smallest absolute Gasteiger partial charge is 0.233 e. The van der Waals surface area contributed by atoms with Crippen LogP contribution >= 0.6 is 11.8 Å². The van der Waals surface area contributed by atoms with Gasteiger partial charge in [0, 0.05) is 12.3 Å². The summed E-state index contributed by atoms with van der Waals surface area (Å²) in [6, 6.07) is 17.9. The minimum absolute atomic E-state index is 0.0641. The van der Waals surface area contributed by atoms with Gasteiger partial charge < -0.3 is 10.1 Å². The number of hydrogen-bond acceptors (Lipinski definition) is 3. The predicted octanol–water partition coefficient (Wildman–Crippen LogP) is 3.81. The molecule has 0 radical (unpaired) electrons. The molecule has 23 heavy (non-hydrogen) atoms. The summed E-state index contributed by atoms with van der Waals surface area (Å²) in [5.74, 6) is 1.72. The third-order valence-corrected chi connectivity index (χ3v) is 4.54. The Morgan fingerprint density at radius 1 is 1.13 bits per heavy atom. The summed E-state index contributed by atoms with van der Waals surface area (Å²) in [6.45, 7) is 5.15. The Morgan fingerprint density at radius 3 is 2.52 bits per heavy atom. The van der Waals surface area contributed by atoms with Crippen LogP contribution in [-0.2, 0) is 11.3 Å². The van der Waals surface area contributed by atoms with Gasteiger partial charge in [0.15, 0.2) is 0 Å². The number of ether oxygens (including phenoxy) is 1. The zero-order valence-corrected chi connectivity index (χ0v) is 14.4. The average Bonchev–Trinajstić information content (AvgIpc) is 2.59. The van der Waals surface area contributed by atoms with Gasteiger partial charge in [0.1, 0.15) is 5.75 Å². The second-order valence-corrected chi connectivity index (χ2v) is 6.83. The van der Waals surface area contributed by atoms with Crippen molar-refractivity contribution in [3.05, 3.63) is 65.7 Å². The van der Waals surface area contributed by atoms with Crippen LogP contribution in [0.3, 0.4) is 0 Å². The Bertz CT molecular complexity index is 599. The number of thioether (sulfide) groups is 1. The first-order valence-electron chi connectivity index (χ1n) is 7.78. The van der Waals surface area contributed by atoms with Crippen LogP contribution in [0, 0.1) is 6.92 Å². The molecular formula is C19H23NO2S. The number of aryl methyl sites for hydroxylation is 1. The molecule has 122 valence electrons. The van der Waals surface area contributed by atoms with E-state index in [0.29, 0.717) is 13.2 Å². The molecule has 0 saturated carbocycles. The van der Waals surface area contributed by atoms with Crippen LogP contribution in [0.15, 0.2) is 54.6 Å². The lowest BCUT2D eigenvalue weighted by atomic mass is 10.2. The van der Waals surface area contributed by atoms with E-state index in [9.17, 15) is 4.79 Å². The zero-order valence-electron chi connectivity index (χ0n) is 13.6. The third-order valence-electron chi connectivity index (χ3n) is 3.42. The van der Waals surface area contributed by atoms with Gasteiger partial charge in [-0.2, -0.15) is 0 Å². The molecule has 1 amide bonds. The Kier molecular flexibility index (Phi) is 7.01. The number of amides is 1. The number of nitrogens with one attached hydrogen (secondary N) is 1. The van der Waals surface area contributed by atoms with E-state index in [-0.39, 0.29) is 11.2 Å². The molecule has 2 rings (SSSR count). The van der Waals surface area contributed by atoms with Crippen molar-refractivity contribution in [2.45, 2.75) is 25.6 Å². The maximum Gasteiger partial charge on any atom is 0.233 e.